The number of benzene rings is 1. The SMILES string of the molecule is Cn1c(=O)oc2cc(S(=O)(=O)NCCc3cncs3)ccc21. The quantitative estimate of drug-likeness (QED) is 0.751. The van der Waals surface area contributed by atoms with Crippen LogP contribution in [0.5, 0.6) is 0 Å². The number of hydrogen-bond acceptors (Lipinski definition) is 6. The Morgan fingerprint density at radius 2 is 2.23 bits per heavy atom. The summed E-state index contributed by atoms with van der Waals surface area (Å²) in [6, 6.07) is 4.36. The maximum atomic E-state index is 12.2. The molecule has 0 fully saturated rings. The molecule has 22 heavy (non-hydrogen) atoms. The number of hydrogen-bond donors (Lipinski definition) is 1. The monoisotopic (exact) mass is 339 g/mol. The second-order valence-corrected chi connectivity index (χ2v) is 7.41. The minimum atomic E-state index is -3.65. The van der Waals surface area contributed by atoms with Gasteiger partial charge in [-0.15, -0.1) is 11.3 Å². The molecule has 0 saturated heterocycles. The molecule has 1 aromatic carbocycles. The van der Waals surface area contributed by atoms with Gasteiger partial charge in [-0.05, 0) is 18.6 Å². The third-order valence-electron chi connectivity index (χ3n) is 3.22. The van der Waals surface area contributed by atoms with Crippen molar-refractivity contribution in [2.75, 3.05) is 6.54 Å². The first kappa shape index (κ1) is 14.9. The third kappa shape index (κ3) is 2.82. The van der Waals surface area contributed by atoms with Crippen LogP contribution in [0.2, 0.25) is 0 Å². The zero-order valence-corrected chi connectivity index (χ0v) is 13.3. The topological polar surface area (TPSA) is 94.2 Å². The molecule has 0 saturated carbocycles. The molecule has 0 aliphatic carbocycles. The van der Waals surface area contributed by atoms with Crippen molar-refractivity contribution < 1.29 is 12.8 Å². The fraction of sp³-hybridized carbons (Fsp3) is 0.231. The van der Waals surface area contributed by atoms with Crippen molar-refractivity contribution in [1.82, 2.24) is 14.3 Å². The van der Waals surface area contributed by atoms with Gasteiger partial charge in [0.15, 0.2) is 5.58 Å². The van der Waals surface area contributed by atoms with Crippen molar-refractivity contribution in [3.8, 4) is 0 Å². The van der Waals surface area contributed by atoms with Crippen LogP contribution in [0.3, 0.4) is 0 Å². The standard InChI is InChI=1S/C13H13N3O4S2/c1-16-11-3-2-10(6-12(11)20-13(16)17)22(18,19)15-5-4-9-7-14-8-21-9/h2-3,6-8,15H,4-5H2,1H3. The third-order valence-corrected chi connectivity index (χ3v) is 5.52. The predicted octanol–water partition coefficient (Wildman–Crippen LogP) is 1.11. The second-order valence-electron chi connectivity index (χ2n) is 4.67. The summed E-state index contributed by atoms with van der Waals surface area (Å²) in [4.78, 5) is 16.4. The van der Waals surface area contributed by atoms with Crippen LogP contribution in [0.1, 0.15) is 4.88 Å². The first-order valence-corrected chi connectivity index (χ1v) is 8.80. The molecule has 2 heterocycles. The number of nitrogens with one attached hydrogen (secondary N) is 1. The highest BCUT2D eigenvalue weighted by atomic mass is 32.2. The maximum Gasteiger partial charge on any atom is 0.419 e. The molecule has 0 radical (unpaired) electrons. The van der Waals surface area contributed by atoms with Gasteiger partial charge in [-0.25, -0.2) is 17.9 Å². The molecule has 2 aromatic heterocycles. The molecule has 0 aliphatic rings. The van der Waals surface area contributed by atoms with Gasteiger partial charge in [-0.1, -0.05) is 0 Å². The van der Waals surface area contributed by atoms with E-state index in [4.69, 9.17) is 4.42 Å². The fourth-order valence-electron chi connectivity index (χ4n) is 2.04. The summed E-state index contributed by atoms with van der Waals surface area (Å²) >= 11 is 1.48. The number of sulfonamides is 1. The Kier molecular flexibility index (Phi) is 3.85. The largest absolute Gasteiger partial charge is 0.419 e. The van der Waals surface area contributed by atoms with Crippen molar-refractivity contribution >= 4 is 32.5 Å². The molecule has 3 aromatic rings. The molecule has 7 nitrogen and oxygen atoms in total. The number of fused-ring (bicyclic) bond motifs is 1. The minimum absolute atomic E-state index is 0.0682. The Morgan fingerprint density at radius 1 is 1.41 bits per heavy atom. The summed E-state index contributed by atoms with van der Waals surface area (Å²) in [7, 11) is -2.08. The summed E-state index contributed by atoms with van der Waals surface area (Å²) in [6.07, 6.45) is 2.29. The van der Waals surface area contributed by atoms with Gasteiger partial charge in [-0.3, -0.25) is 9.55 Å². The maximum absolute atomic E-state index is 12.2. The highest BCUT2D eigenvalue weighted by Gasteiger charge is 2.16. The highest BCUT2D eigenvalue weighted by Crippen LogP contribution is 2.18. The lowest BCUT2D eigenvalue weighted by Crippen LogP contribution is -2.25. The van der Waals surface area contributed by atoms with Gasteiger partial charge in [0, 0.05) is 30.7 Å². The molecular weight excluding hydrogens is 326 g/mol. The summed E-state index contributed by atoms with van der Waals surface area (Å²) < 4.78 is 33.3. The highest BCUT2D eigenvalue weighted by molar-refractivity contribution is 7.89. The van der Waals surface area contributed by atoms with E-state index in [0.717, 1.165) is 4.88 Å². The Hall–Kier alpha value is -1.97. The second kappa shape index (κ2) is 5.67. The van der Waals surface area contributed by atoms with E-state index < -0.39 is 15.8 Å². The number of aromatic nitrogens is 2. The predicted molar refractivity (Wildman–Crippen MR) is 82.5 cm³/mol. The van der Waals surface area contributed by atoms with E-state index in [9.17, 15) is 13.2 Å². The number of oxazole rings is 1. The minimum Gasteiger partial charge on any atom is -0.408 e. The van der Waals surface area contributed by atoms with Crippen LogP contribution in [-0.4, -0.2) is 24.5 Å². The zero-order valence-electron chi connectivity index (χ0n) is 11.6. The van der Waals surface area contributed by atoms with Crippen LogP contribution in [0.15, 0.2) is 44.0 Å². The van der Waals surface area contributed by atoms with Crippen LogP contribution in [0.25, 0.3) is 11.1 Å². The summed E-state index contributed by atoms with van der Waals surface area (Å²) in [6.45, 7) is 0.279. The zero-order chi connectivity index (χ0) is 15.7. The molecular formula is C13H13N3O4S2. The molecule has 0 atom stereocenters. The van der Waals surface area contributed by atoms with E-state index in [1.807, 2.05) is 0 Å². The Balaban J connectivity index is 1.80. The average molecular weight is 339 g/mol. The van der Waals surface area contributed by atoms with E-state index in [-0.39, 0.29) is 17.0 Å². The molecule has 0 spiro atoms. The van der Waals surface area contributed by atoms with E-state index in [0.29, 0.717) is 11.9 Å². The molecule has 0 amide bonds. The van der Waals surface area contributed by atoms with Crippen molar-refractivity contribution in [2.24, 2.45) is 7.05 Å². The summed E-state index contributed by atoms with van der Waals surface area (Å²) in [5.41, 5.74) is 2.50. The Bertz CT molecular complexity index is 955. The van der Waals surface area contributed by atoms with Gasteiger partial charge in [0.1, 0.15) is 0 Å². The normalized spacial score (nSPS) is 12.0. The fourth-order valence-corrected chi connectivity index (χ4v) is 3.68. The van der Waals surface area contributed by atoms with Gasteiger partial charge >= 0.3 is 5.76 Å². The van der Waals surface area contributed by atoms with Crippen molar-refractivity contribution in [1.29, 1.82) is 0 Å². The lowest BCUT2D eigenvalue weighted by Gasteiger charge is -2.05. The molecule has 0 aliphatic heterocycles. The van der Waals surface area contributed by atoms with Crippen LogP contribution in [0, 0.1) is 0 Å². The van der Waals surface area contributed by atoms with Crippen LogP contribution >= 0.6 is 11.3 Å². The van der Waals surface area contributed by atoms with Crippen LogP contribution in [-0.2, 0) is 23.5 Å². The molecule has 1 N–H and O–H groups in total. The van der Waals surface area contributed by atoms with Crippen molar-refractivity contribution in [3.63, 3.8) is 0 Å². The number of thiazole rings is 1. The summed E-state index contributed by atoms with van der Waals surface area (Å²) in [5, 5.41) is 0. The number of aryl methyl sites for hydroxylation is 1. The van der Waals surface area contributed by atoms with Gasteiger partial charge in [0.25, 0.3) is 0 Å². The Labute approximate surface area is 130 Å². The number of nitrogens with zero attached hydrogens (tertiary/aromatic N) is 2. The van der Waals surface area contributed by atoms with E-state index in [1.54, 1.807) is 24.8 Å². The molecule has 116 valence electrons. The van der Waals surface area contributed by atoms with Crippen molar-refractivity contribution in [2.45, 2.75) is 11.3 Å². The van der Waals surface area contributed by atoms with Crippen LogP contribution in [0.4, 0.5) is 0 Å². The van der Waals surface area contributed by atoms with Gasteiger partial charge in [-0.2, -0.15) is 0 Å². The first-order chi connectivity index (χ1) is 10.5. The lowest BCUT2D eigenvalue weighted by atomic mass is 10.3. The number of rotatable bonds is 5. The van der Waals surface area contributed by atoms with Crippen molar-refractivity contribution in [3.05, 3.63) is 45.3 Å². The molecule has 3 rings (SSSR count). The first-order valence-electron chi connectivity index (χ1n) is 6.44. The van der Waals surface area contributed by atoms with E-state index in [2.05, 4.69) is 9.71 Å². The molecule has 0 bridgehead atoms. The van der Waals surface area contributed by atoms with Gasteiger partial charge < -0.3 is 4.42 Å². The van der Waals surface area contributed by atoms with Gasteiger partial charge in [0.2, 0.25) is 10.0 Å². The average Bonchev–Trinajstić information content (AvgIpc) is 3.08. The van der Waals surface area contributed by atoms with Crippen LogP contribution < -0.4 is 10.5 Å². The van der Waals surface area contributed by atoms with E-state index >= 15 is 0 Å². The van der Waals surface area contributed by atoms with Gasteiger partial charge in [0.05, 0.1) is 15.9 Å². The Morgan fingerprint density at radius 3 is 2.95 bits per heavy atom. The molecule has 9 heteroatoms. The molecule has 0 unspecified atom stereocenters. The lowest BCUT2D eigenvalue weighted by molar-refractivity contribution is 0.527. The summed E-state index contributed by atoms with van der Waals surface area (Å²) in [5.74, 6) is -0.525. The van der Waals surface area contributed by atoms with E-state index in [1.165, 1.54) is 28.0 Å². The smallest absolute Gasteiger partial charge is 0.408 e.